The minimum Gasteiger partial charge on any atom is -0.393 e. The first-order chi connectivity index (χ1) is 5.38. The maximum absolute atomic E-state index is 9.32. The van der Waals surface area contributed by atoms with Crippen LogP contribution in [0.2, 0.25) is 0 Å². The number of rotatable bonds is 4. The molecule has 0 radical (unpaired) electrons. The van der Waals surface area contributed by atoms with E-state index < -0.39 is 0 Å². The number of aliphatic hydroxyl groups is 1. The summed E-state index contributed by atoms with van der Waals surface area (Å²) in [5, 5.41) is 9.32. The molecule has 74 valence electrons. The van der Waals surface area contributed by atoms with Crippen LogP contribution in [0, 0.1) is 5.41 Å². The first-order valence-electron chi connectivity index (χ1n) is 4.81. The minimum absolute atomic E-state index is 0.160. The van der Waals surface area contributed by atoms with Gasteiger partial charge in [-0.05, 0) is 24.7 Å². The second-order valence-electron chi connectivity index (χ2n) is 4.61. The monoisotopic (exact) mass is 173 g/mol. The summed E-state index contributed by atoms with van der Waals surface area (Å²) in [5.74, 6) is 0. The van der Waals surface area contributed by atoms with E-state index in [9.17, 15) is 5.11 Å². The Kier molecular flexibility index (Phi) is 4.80. The molecule has 2 unspecified atom stereocenters. The zero-order chi connectivity index (χ0) is 9.78. The first kappa shape index (κ1) is 11.9. The molecule has 3 N–H and O–H groups in total. The predicted molar refractivity (Wildman–Crippen MR) is 53.0 cm³/mol. The Bertz CT molecular complexity index is 117. The van der Waals surface area contributed by atoms with Crippen molar-refractivity contribution in [2.45, 2.75) is 59.1 Å². The molecule has 12 heavy (non-hydrogen) atoms. The Hall–Kier alpha value is -0.0800. The zero-order valence-electron chi connectivity index (χ0n) is 8.80. The summed E-state index contributed by atoms with van der Waals surface area (Å²) in [6.45, 7) is 8.40. The standard InChI is InChI=1S/C10H23NO/c1-5-8(12)6-7-9(11)10(2,3)4/h8-9,12H,5-7,11H2,1-4H3. The molecule has 0 saturated heterocycles. The maximum atomic E-state index is 9.32. The van der Waals surface area contributed by atoms with Gasteiger partial charge in [0.15, 0.2) is 0 Å². The van der Waals surface area contributed by atoms with Crippen molar-refractivity contribution in [2.75, 3.05) is 0 Å². The summed E-state index contributed by atoms with van der Waals surface area (Å²) in [6.07, 6.45) is 2.41. The molecule has 0 aromatic heterocycles. The maximum Gasteiger partial charge on any atom is 0.0538 e. The van der Waals surface area contributed by atoms with Gasteiger partial charge in [-0.3, -0.25) is 0 Å². The summed E-state index contributed by atoms with van der Waals surface area (Å²) in [4.78, 5) is 0. The molecule has 0 amide bonds. The normalized spacial score (nSPS) is 17.5. The van der Waals surface area contributed by atoms with Crippen LogP contribution in [0.5, 0.6) is 0 Å². The molecular weight excluding hydrogens is 150 g/mol. The van der Waals surface area contributed by atoms with E-state index >= 15 is 0 Å². The molecule has 0 aromatic carbocycles. The van der Waals surface area contributed by atoms with Gasteiger partial charge >= 0.3 is 0 Å². The smallest absolute Gasteiger partial charge is 0.0538 e. The summed E-state index contributed by atoms with van der Waals surface area (Å²) in [7, 11) is 0. The Morgan fingerprint density at radius 2 is 1.75 bits per heavy atom. The third-order valence-electron chi connectivity index (χ3n) is 2.39. The van der Waals surface area contributed by atoms with Crippen LogP contribution in [0.15, 0.2) is 0 Å². The number of hydrogen-bond acceptors (Lipinski definition) is 2. The lowest BCUT2D eigenvalue weighted by Gasteiger charge is -2.27. The molecule has 0 fully saturated rings. The zero-order valence-corrected chi connectivity index (χ0v) is 8.80. The van der Waals surface area contributed by atoms with Crippen molar-refractivity contribution >= 4 is 0 Å². The molecule has 0 heterocycles. The molecule has 0 aliphatic carbocycles. The summed E-state index contributed by atoms with van der Waals surface area (Å²) in [6, 6.07) is 0.193. The van der Waals surface area contributed by atoms with E-state index in [0.717, 1.165) is 19.3 Å². The van der Waals surface area contributed by atoms with Gasteiger partial charge in [0.1, 0.15) is 0 Å². The SMILES string of the molecule is CCC(O)CCC(N)C(C)(C)C. The lowest BCUT2D eigenvalue weighted by atomic mass is 9.84. The van der Waals surface area contributed by atoms with E-state index in [2.05, 4.69) is 20.8 Å². The van der Waals surface area contributed by atoms with Crippen LogP contribution in [-0.4, -0.2) is 17.3 Å². The molecule has 0 bridgehead atoms. The van der Waals surface area contributed by atoms with Crippen LogP contribution in [0.3, 0.4) is 0 Å². The van der Waals surface area contributed by atoms with Gasteiger partial charge in [-0.2, -0.15) is 0 Å². The lowest BCUT2D eigenvalue weighted by molar-refractivity contribution is 0.146. The van der Waals surface area contributed by atoms with E-state index in [4.69, 9.17) is 5.73 Å². The highest BCUT2D eigenvalue weighted by molar-refractivity contribution is 4.77. The Balaban J connectivity index is 3.64. The number of aliphatic hydroxyl groups excluding tert-OH is 1. The van der Waals surface area contributed by atoms with Crippen molar-refractivity contribution in [2.24, 2.45) is 11.1 Å². The van der Waals surface area contributed by atoms with Crippen LogP contribution < -0.4 is 5.73 Å². The summed E-state index contributed by atoms with van der Waals surface area (Å²) in [5.41, 5.74) is 6.10. The van der Waals surface area contributed by atoms with E-state index in [1.807, 2.05) is 6.92 Å². The molecule has 0 spiro atoms. The fraction of sp³-hybridized carbons (Fsp3) is 1.00. The third-order valence-corrected chi connectivity index (χ3v) is 2.39. The molecule has 0 aliphatic heterocycles. The van der Waals surface area contributed by atoms with Crippen molar-refractivity contribution in [3.05, 3.63) is 0 Å². The van der Waals surface area contributed by atoms with Gasteiger partial charge in [0.2, 0.25) is 0 Å². The van der Waals surface area contributed by atoms with Gasteiger partial charge in [0.25, 0.3) is 0 Å². The largest absolute Gasteiger partial charge is 0.393 e. The van der Waals surface area contributed by atoms with Crippen LogP contribution in [0.4, 0.5) is 0 Å². The molecule has 2 atom stereocenters. The van der Waals surface area contributed by atoms with Gasteiger partial charge in [0, 0.05) is 6.04 Å². The van der Waals surface area contributed by atoms with Gasteiger partial charge < -0.3 is 10.8 Å². The van der Waals surface area contributed by atoms with Crippen molar-refractivity contribution in [3.8, 4) is 0 Å². The fourth-order valence-electron chi connectivity index (χ4n) is 1.01. The van der Waals surface area contributed by atoms with Crippen molar-refractivity contribution in [1.29, 1.82) is 0 Å². The minimum atomic E-state index is -0.168. The van der Waals surface area contributed by atoms with E-state index in [1.165, 1.54) is 0 Å². The first-order valence-corrected chi connectivity index (χ1v) is 4.81. The number of nitrogens with two attached hydrogens (primary N) is 1. The predicted octanol–water partition coefficient (Wildman–Crippen LogP) is 1.91. The third kappa shape index (κ3) is 4.73. The van der Waals surface area contributed by atoms with E-state index in [-0.39, 0.29) is 17.6 Å². The lowest BCUT2D eigenvalue weighted by Crippen LogP contribution is -2.35. The summed E-state index contributed by atoms with van der Waals surface area (Å²) >= 11 is 0. The Labute approximate surface area is 76.2 Å². The molecule has 0 aromatic rings. The highest BCUT2D eigenvalue weighted by atomic mass is 16.3. The van der Waals surface area contributed by atoms with Crippen molar-refractivity contribution < 1.29 is 5.11 Å². The average Bonchev–Trinajstić information content (AvgIpc) is 1.97. The fourth-order valence-corrected chi connectivity index (χ4v) is 1.01. The van der Waals surface area contributed by atoms with Gasteiger partial charge in [-0.25, -0.2) is 0 Å². The van der Waals surface area contributed by atoms with Crippen LogP contribution in [-0.2, 0) is 0 Å². The van der Waals surface area contributed by atoms with Crippen LogP contribution in [0.1, 0.15) is 47.0 Å². The average molecular weight is 173 g/mol. The van der Waals surface area contributed by atoms with Crippen molar-refractivity contribution in [3.63, 3.8) is 0 Å². The highest BCUT2D eigenvalue weighted by Crippen LogP contribution is 2.21. The molecular formula is C10H23NO. The van der Waals surface area contributed by atoms with E-state index in [1.54, 1.807) is 0 Å². The van der Waals surface area contributed by atoms with Gasteiger partial charge in [-0.1, -0.05) is 27.7 Å². The van der Waals surface area contributed by atoms with Crippen LogP contribution in [0.25, 0.3) is 0 Å². The quantitative estimate of drug-likeness (QED) is 0.682. The topological polar surface area (TPSA) is 46.2 Å². The van der Waals surface area contributed by atoms with Gasteiger partial charge in [-0.15, -0.1) is 0 Å². The Morgan fingerprint density at radius 3 is 2.08 bits per heavy atom. The second kappa shape index (κ2) is 4.83. The van der Waals surface area contributed by atoms with E-state index in [0.29, 0.717) is 0 Å². The van der Waals surface area contributed by atoms with Crippen molar-refractivity contribution in [1.82, 2.24) is 0 Å². The second-order valence-corrected chi connectivity index (χ2v) is 4.61. The van der Waals surface area contributed by atoms with Gasteiger partial charge in [0.05, 0.1) is 6.10 Å². The number of hydrogen-bond donors (Lipinski definition) is 2. The molecule has 2 heteroatoms. The highest BCUT2D eigenvalue weighted by Gasteiger charge is 2.20. The summed E-state index contributed by atoms with van der Waals surface area (Å²) < 4.78 is 0. The molecule has 0 saturated carbocycles. The molecule has 0 rings (SSSR count). The van der Waals surface area contributed by atoms with Crippen LogP contribution >= 0.6 is 0 Å². The molecule has 0 aliphatic rings. The molecule has 2 nitrogen and oxygen atoms in total. The Morgan fingerprint density at radius 1 is 1.25 bits per heavy atom.